The lowest BCUT2D eigenvalue weighted by Crippen LogP contribution is -2.47. The minimum atomic E-state index is -0.117. The zero-order chi connectivity index (χ0) is 18.6. The lowest BCUT2D eigenvalue weighted by atomic mass is 9.93. The Balaban J connectivity index is 1.41. The first-order valence-corrected chi connectivity index (χ1v) is 9.21. The van der Waals surface area contributed by atoms with Crippen LogP contribution in [0.5, 0.6) is 0 Å². The summed E-state index contributed by atoms with van der Waals surface area (Å²) in [6.45, 7) is 10.8. The van der Waals surface area contributed by atoms with Crippen molar-refractivity contribution in [3.8, 4) is 0 Å². The molecule has 1 aromatic carbocycles. The normalized spacial score (nSPS) is 15.9. The van der Waals surface area contributed by atoms with Crippen LogP contribution in [0.3, 0.4) is 0 Å². The highest BCUT2D eigenvalue weighted by Gasteiger charge is 2.21. The number of aromatic nitrogens is 1. The first kappa shape index (κ1) is 18.5. The van der Waals surface area contributed by atoms with Crippen molar-refractivity contribution in [1.82, 2.24) is 10.1 Å². The lowest BCUT2D eigenvalue weighted by Gasteiger charge is -2.36. The van der Waals surface area contributed by atoms with Crippen LogP contribution in [0.2, 0.25) is 0 Å². The van der Waals surface area contributed by atoms with Crippen molar-refractivity contribution in [1.29, 1.82) is 0 Å². The highest BCUT2D eigenvalue weighted by Crippen LogP contribution is 2.24. The van der Waals surface area contributed by atoms with Gasteiger partial charge in [-0.2, -0.15) is 0 Å². The van der Waals surface area contributed by atoms with Gasteiger partial charge in [0.15, 0.2) is 5.82 Å². The number of para-hydroxylation sites is 1. The van der Waals surface area contributed by atoms with E-state index in [2.05, 4.69) is 44.5 Å². The number of benzene rings is 1. The van der Waals surface area contributed by atoms with Gasteiger partial charge in [0.1, 0.15) is 5.76 Å². The number of nitrogens with one attached hydrogen (secondary N) is 1. The minimum Gasteiger partial charge on any atom is -0.369 e. The van der Waals surface area contributed by atoms with Crippen LogP contribution in [0.1, 0.15) is 33.0 Å². The van der Waals surface area contributed by atoms with E-state index in [1.54, 1.807) is 6.07 Å². The molecule has 1 fully saturated rings. The third-order valence-corrected chi connectivity index (χ3v) is 4.67. The summed E-state index contributed by atoms with van der Waals surface area (Å²) in [5.74, 6) is 1.24. The largest absolute Gasteiger partial charge is 0.369 e. The Hall–Kier alpha value is -2.34. The van der Waals surface area contributed by atoms with Gasteiger partial charge in [0, 0.05) is 56.3 Å². The summed E-state index contributed by atoms with van der Waals surface area (Å²) in [5.41, 5.74) is 1.15. The van der Waals surface area contributed by atoms with Gasteiger partial charge in [-0.05, 0) is 12.1 Å². The van der Waals surface area contributed by atoms with Crippen molar-refractivity contribution >= 4 is 17.4 Å². The highest BCUT2D eigenvalue weighted by molar-refractivity contribution is 5.89. The average Bonchev–Trinajstić information content (AvgIpc) is 3.10. The Morgan fingerprint density at radius 2 is 1.85 bits per heavy atom. The number of amides is 1. The van der Waals surface area contributed by atoms with Crippen molar-refractivity contribution in [3.63, 3.8) is 0 Å². The van der Waals surface area contributed by atoms with E-state index in [9.17, 15) is 4.79 Å². The zero-order valence-electron chi connectivity index (χ0n) is 15.9. The van der Waals surface area contributed by atoms with E-state index in [4.69, 9.17) is 4.52 Å². The second kappa shape index (κ2) is 7.91. The average molecular weight is 356 g/mol. The van der Waals surface area contributed by atoms with Gasteiger partial charge >= 0.3 is 0 Å². The molecule has 1 N–H and O–H groups in total. The van der Waals surface area contributed by atoms with E-state index in [0.29, 0.717) is 12.2 Å². The van der Waals surface area contributed by atoms with Gasteiger partial charge in [-0.25, -0.2) is 0 Å². The molecule has 26 heavy (non-hydrogen) atoms. The number of hydrogen-bond acceptors (Lipinski definition) is 5. The molecule has 0 radical (unpaired) electrons. The summed E-state index contributed by atoms with van der Waals surface area (Å²) in [6, 6.07) is 12.3. The monoisotopic (exact) mass is 356 g/mol. The second-order valence-corrected chi connectivity index (χ2v) is 7.79. The van der Waals surface area contributed by atoms with E-state index in [-0.39, 0.29) is 11.3 Å². The fraction of sp³-hybridized carbons (Fsp3) is 0.500. The molecule has 0 unspecified atom stereocenters. The molecule has 2 aromatic rings. The Bertz CT molecular complexity index is 713. The SMILES string of the molecule is CC(C)(C)c1cc(NC(=O)CCN2CCN(c3ccccc3)CC2)no1. The van der Waals surface area contributed by atoms with E-state index >= 15 is 0 Å². The zero-order valence-corrected chi connectivity index (χ0v) is 15.9. The summed E-state index contributed by atoms with van der Waals surface area (Å²) < 4.78 is 5.30. The van der Waals surface area contributed by atoms with Crippen molar-refractivity contribution in [2.24, 2.45) is 0 Å². The van der Waals surface area contributed by atoms with Gasteiger partial charge in [0.05, 0.1) is 0 Å². The molecule has 1 aliphatic heterocycles. The fourth-order valence-corrected chi connectivity index (χ4v) is 3.02. The van der Waals surface area contributed by atoms with Gasteiger partial charge in [-0.15, -0.1) is 0 Å². The maximum Gasteiger partial charge on any atom is 0.226 e. The summed E-state index contributed by atoms with van der Waals surface area (Å²) in [6.07, 6.45) is 0.461. The number of piperazine rings is 1. The molecule has 1 aromatic heterocycles. The Morgan fingerprint density at radius 3 is 2.46 bits per heavy atom. The van der Waals surface area contributed by atoms with E-state index < -0.39 is 0 Å². The maximum atomic E-state index is 12.2. The van der Waals surface area contributed by atoms with E-state index in [1.807, 2.05) is 26.8 Å². The van der Waals surface area contributed by atoms with Gasteiger partial charge < -0.3 is 14.7 Å². The first-order valence-electron chi connectivity index (χ1n) is 9.21. The van der Waals surface area contributed by atoms with Crippen molar-refractivity contribution in [2.75, 3.05) is 42.9 Å². The van der Waals surface area contributed by atoms with Crippen LogP contribution in [0, 0.1) is 0 Å². The Morgan fingerprint density at radius 1 is 1.15 bits per heavy atom. The number of carbonyl (C=O) groups is 1. The summed E-state index contributed by atoms with van der Waals surface area (Å²) in [5, 5.41) is 6.76. The molecule has 6 nitrogen and oxygen atoms in total. The third-order valence-electron chi connectivity index (χ3n) is 4.67. The number of hydrogen-bond donors (Lipinski definition) is 1. The van der Waals surface area contributed by atoms with Gasteiger partial charge in [0.2, 0.25) is 5.91 Å². The first-order chi connectivity index (χ1) is 12.4. The number of nitrogens with zero attached hydrogens (tertiary/aromatic N) is 3. The molecule has 0 spiro atoms. The highest BCUT2D eigenvalue weighted by atomic mass is 16.5. The molecular formula is C20H28N4O2. The molecule has 3 rings (SSSR count). The maximum absolute atomic E-state index is 12.2. The predicted molar refractivity (Wildman–Crippen MR) is 104 cm³/mol. The number of rotatable bonds is 5. The summed E-state index contributed by atoms with van der Waals surface area (Å²) in [4.78, 5) is 16.9. The minimum absolute atomic E-state index is 0.0238. The molecule has 0 saturated carbocycles. The van der Waals surface area contributed by atoms with Crippen LogP contribution in [-0.4, -0.2) is 48.7 Å². The van der Waals surface area contributed by atoms with Crippen LogP contribution >= 0.6 is 0 Å². The molecule has 2 heterocycles. The van der Waals surface area contributed by atoms with E-state index in [1.165, 1.54) is 5.69 Å². The standard InChI is InChI=1S/C20H28N4O2/c1-20(2,3)17-15-18(22-26-17)21-19(25)9-10-23-11-13-24(14-12-23)16-7-5-4-6-8-16/h4-8,15H,9-14H2,1-3H3,(H,21,22,25). The molecule has 0 atom stereocenters. The third kappa shape index (κ3) is 4.85. The van der Waals surface area contributed by atoms with Crippen LogP contribution in [0.4, 0.5) is 11.5 Å². The second-order valence-electron chi connectivity index (χ2n) is 7.79. The predicted octanol–water partition coefficient (Wildman–Crippen LogP) is 3.12. The lowest BCUT2D eigenvalue weighted by molar-refractivity contribution is -0.116. The fourth-order valence-electron chi connectivity index (χ4n) is 3.02. The van der Waals surface area contributed by atoms with Crippen LogP contribution < -0.4 is 10.2 Å². The number of anilines is 2. The van der Waals surface area contributed by atoms with Crippen molar-refractivity contribution in [2.45, 2.75) is 32.6 Å². The van der Waals surface area contributed by atoms with Crippen LogP contribution in [0.25, 0.3) is 0 Å². The van der Waals surface area contributed by atoms with Gasteiger partial charge in [-0.3, -0.25) is 9.69 Å². The van der Waals surface area contributed by atoms with Crippen LogP contribution in [-0.2, 0) is 10.2 Å². The van der Waals surface area contributed by atoms with E-state index in [0.717, 1.165) is 38.5 Å². The quantitative estimate of drug-likeness (QED) is 0.892. The molecule has 1 saturated heterocycles. The molecule has 140 valence electrons. The molecule has 0 aliphatic carbocycles. The van der Waals surface area contributed by atoms with Crippen LogP contribution in [0.15, 0.2) is 40.9 Å². The molecular weight excluding hydrogens is 328 g/mol. The topological polar surface area (TPSA) is 61.6 Å². The van der Waals surface area contributed by atoms with Gasteiger partial charge in [0.25, 0.3) is 0 Å². The Kier molecular flexibility index (Phi) is 5.61. The molecule has 6 heteroatoms. The van der Waals surface area contributed by atoms with Crippen molar-refractivity contribution < 1.29 is 9.32 Å². The van der Waals surface area contributed by atoms with Crippen molar-refractivity contribution in [3.05, 3.63) is 42.2 Å². The number of carbonyl (C=O) groups excluding carboxylic acids is 1. The molecule has 1 aliphatic rings. The summed E-state index contributed by atoms with van der Waals surface area (Å²) in [7, 11) is 0. The Labute approximate surface area is 155 Å². The molecule has 1 amide bonds. The van der Waals surface area contributed by atoms with Gasteiger partial charge in [-0.1, -0.05) is 44.1 Å². The smallest absolute Gasteiger partial charge is 0.226 e. The molecule has 0 bridgehead atoms. The summed E-state index contributed by atoms with van der Waals surface area (Å²) >= 11 is 0.